The zero-order chi connectivity index (χ0) is 24.0. The summed E-state index contributed by atoms with van der Waals surface area (Å²) >= 11 is 0. The van der Waals surface area contributed by atoms with E-state index in [-0.39, 0.29) is 24.1 Å². The number of alkyl halides is 3. The lowest BCUT2D eigenvalue weighted by molar-refractivity contribution is -0.192. The molecule has 2 N–H and O–H groups in total. The number of benzene rings is 3. The predicted octanol–water partition coefficient (Wildman–Crippen LogP) is 5.62. The van der Waals surface area contributed by atoms with E-state index in [9.17, 15) is 22.0 Å². The molecule has 0 spiro atoms. The van der Waals surface area contributed by atoms with Crippen LogP contribution in [0.2, 0.25) is 0 Å². The normalized spacial score (nSPS) is 17.4. The van der Waals surface area contributed by atoms with Crippen LogP contribution in [0.3, 0.4) is 0 Å². The lowest BCUT2D eigenvalue weighted by Gasteiger charge is -2.19. The Morgan fingerprint density at radius 2 is 1.33 bits per heavy atom. The standard InChI is InChI=1S/C22H18F2N2.C2HF3O2/c23-18-12-7-13-19(24)17(18)14-20-25-21(15-8-3-1-4-9-15)22(26-20)16-10-5-2-6-11-16;3-2(4,5)1(6)7/h1-13,21-22H,14H2,(H,25,26);(H,6,7)/t21-,22+;. The number of hydrogen-bond donors (Lipinski definition) is 2. The number of halogens is 5. The SMILES string of the molecule is Fc1cccc(F)c1CC1=N[C@H](c2ccccc2)[C@H](c2ccccc2)N1.O=C(O)C(F)(F)F. The van der Waals surface area contributed by atoms with Crippen molar-refractivity contribution in [3.8, 4) is 0 Å². The van der Waals surface area contributed by atoms with E-state index in [1.807, 2.05) is 60.7 Å². The molecule has 0 saturated heterocycles. The monoisotopic (exact) mass is 462 g/mol. The first-order valence-electron chi connectivity index (χ1n) is 9.83. The Morgan fingerprint density at radius 1 is 0.848 bits per heavy atom. The Kier molecular flexibility index (Phi) is 7.42. The zero-order valence-corrected chi connectivity index (χ0v) is 17.1. The molecule has 0 fully saturated rings. The Balaban J connectivity index is 0.000000383. The summed E-state index contributed by atoms with van der Waals surface area (Å²) < 4.78 is 59.8. The van der Waals surface area contributed by atoms with Crippen LogP contribution in [0.25, 0.3) is 0 Å². The summed E-state index contributed by atoms with van der Waals surface area (Å²) in [7, 11) is 0. The van der Waals surface area contributed by atoms with Gasteiger partial charge in [-0.05, 0) is 23.3 Å². The zero-order valence-electron chi connectivity index (χ0n) is 17.1. The molecule has 4 nitrogen and oxygen atoms in total. The minimum Gasteiger partial charge on any atom is -0.475 e. The maximum absolute atomic E-state index is 14.0. The molecule has 2 atom stereocenters. The highest BCUT2D eigenvalue weighted by Crippen LogP contribution is 2.36. The number of carboxylic acid groups (broad SMARTS) is 1. The fraction of sp³-hybridized carbons (Fsp3) is 0.167. The molecule has 1 aliphatic heterocycles. The van der Waals surface area contributed by atoms with Crippen LogP contribution in [-0.4, -0.2) is 23.1 Å². The van der Waals surface area contributed by atoms with Crippen molar-refractivity contribution in [3.63, 3.8) is 0 Å². The summed E-state index contributed by atoms with van der Waals surface area (Å²) in [6.45, 7) is 0. The third kappa shape index (κ3) is 6.15. The Hall–Kier alpha value is -3.75. The molecule has 4 rings (SSSR count). The molecular formula is C24H19F5N2O2. The molecular weight excluding hydrogens is 443 g/mol. The average molecular weight is 462 g/mol. The van der Waals surface area contributed by atoms with E-state index < -0.39 is 23.8 Å². The van der Waals surface area contributed by atoms with Crippen molar-refractivity contribution < 1.29 is 31.9 Å². The molecule has 0 aromatic heterocycles. The smallest absolute Gasteiger partial charge is 0.475 e. The fourth-order valence-electron chi connectivity index (χ4n) is 3.35. The number of nitrogens with zero attached hydrogens (tertiary/aromatic N) is 1. The van der Waals surface area contributed by atoms with Crippen LogP contribution in [0.4, 0.5) is 22.0 Å². The van der Waals surface area contributed by atoms with Gasteiger partial charge in [-0.15, -0.1) is 0 Å². The molecule has 0 radical (unpaired) electrons. The molecule has 0 bridgehead atoms. The van der Waals surface area contributed by atoms with Crippen LogP contribution in [0, 0.1) is 11.6 Å². The average Bonchev–Trinajstić information content (AvgIpc) is 3.21. The molecule has 3 aromatic rings. The van der Waals surface area contributed by atoms with Gasteiger partial charge in [0.15, 0.2) is 0 Å². The van der Waals surface area contributed by atoms with Crippen LogP contribution in [0.15, 0.2) is 83.9 Å². The summed E-state index contributed by atoms with van der Waals surface area (Å²) in [6, 6.07) is 23.7. The van der Waals surface area contributed by atoms with Crippen molar-refractivity contribution in [1.29, 1.82) is 0 Å². The van der Waals surface area contributed by atoms with E-state index in [4.69, 9.17) is 14.9 Å². The van der Waals surface area contributed by atoms with Crippen molar-refractivity contribution in [2.45, 2.75) is 24.7 Å². The lowest BCUT2D eigenvalue weighted by Crippen LogP contribution is -2.26. The maximum atomic E-state index is 14.0. The van der Waals surface area contributed by atoms with E-state index >= 15 is 0 Å². The topological polar surface area (TPSA) is 61.7 Å². The van der Waals surface area contributed by atoms with Gasteiger partial charge < -0.3 is 10.4 Å². The fourth-order valence-corrected chi connectivity index (χ4v) is 3.35. The molecule has 1 heterocycles. The second-order valence-corrected chi connectivity index (χ2v) is 7.14. The van der Waals surface area contributed by atoms with Gasteiger partial charge in [-0.1, -0.05) is 66.7 Å². The van der Waals surface area contributed by atoms with Gasteiger partial charge in [0.2, 0.25) is 0 Å². The number of rotatable bonds is 4. The number of nitrogens with one attached hydrogen (secondary N) is 1. The van der Waals surface area contributed by atoms with Crippen molar-refractivity contribution in [2.75, 3.05) is 0 Å². The first-order valence-corrected chi connectivity index (χ1v) is 9.83. The van der Waals surface area contributed by atoms with Gasteiger partial charge in [0.25, 0.3) is 0 Å². The largest absolute Gasteiger partial charge is 0.490 e. The number of aliphatic imine (C=N–C) groups is 1. The van der Waals surface area contributed by atoms with Gasteiger partial charge in [-0.3, -0.25) is 4.99 Å². The summed E-state index contributed by atoms with van der Waals surface area (Å²) in [6.07, 6.45) is -4.98. The van der Waals surface area contributed by atoms with Gasteiger partial charge in [0.1, 0.15) is 23.5 Å². The predicted molar refractivity (Wildman–Crippen MR) is 113 cm³/mol. The van der Waals surface area contributed by atoms with Crippen LogP contribution in [0.1, 0.15) is 28.8 Å². The second kappa shape index (κ2) is 10.2. The first kappa shape index (κ1) is 23.9. The molecule has 0 saturated carbocycles. The van der Waals surface area contributed by atoms with E-state index in [0.29, 0.717) is 5.84 Å². The molecule has 0 amide bonds. The van der Waals surface area contributed by atoms with Gasteiger partial charge in [0, 0.05) is 12.0 Å². The Labute approximate surface area is 186 Å². The Bertz CT molecular complexity index is 1100. The van der Waals surface area contributed by atoms with Crippen molar-refractivity contribution in [3.05, 3.63) is 107 Å². The molecule has 33 heavy (non-hydrogen) atoms. The number of carbonyl (C=O) groups is 1. The molecule has 1 aliphatic rings. The van der Waals surface area contributed by atoms with E-state index in [1.165, 1.54) is 18.2 Å². The number of carboxylic acids is 1. The summed E-state index contributed by atoms with van der Waals surface area (Å²) in [5, 5.41) is 10.5. The second-order valence-electron chi connectivity index (χ2n) is 7.14. The summed E-state index contributed by atoms with van der Waals surface area (Å²) in [4.78, 5) is 13.7. The van der Waals surface area contributed by atoms with Crippen molar-refractivity contribution >= 4 is 11.8 Å². The van der Waals surface area contributed by atoms with Gasteiger partial charge >= 0.3 is 12.1 Å². The minimum atomic E-state index is -5.08. The summed E-state index contributed by atoms with van der Waals surface area (Å²) in [5.41, 5.74) is 2.20. The van der Waals surface area contributed by atoms with Gasteiger partial charge in [-0.2, -0.15) is 13.2 Å². The highest BCUT2D eigenvalue weighted by Gasteiger charge is 2.38. The molecule has 0 aliphatic carbocycles. The Morgan fingerprint density at radius 3 is 1.82 bits per heavy atom. The highest BCUT2D eigenvalue weighted by molar-refractivity contribution is 5.87. The van der Waals surface area contributed by atoms with Gasteiger partial charge in [0.05, 0.1) is 6.04 Å². The number of amidine groups is 1. The lowest BCUT2D eigenvalue weighted by atomic mass is 9.95. The van der Waals surface area contributed by atoms with Crippen LogP contribution in [-0.2, 0) is 11.2 Å². The molecule has 172 valence electrons. The van der Waals surface area contributed by atoms with Crippen LogP contribution >= 0.6 is 0 Å². The third-order valence-corrected chi connectivity index (χ3v) is 4.88. The minimum absolute atomic E-state index is 0.0410. The van der Waals surface area contributed by atoms with E-state index in [0.717, 1.165) is 11.1 Å². The third-order valence-electron chi connectivity index (χ3n) is 4.88. The molecule has 3 aromatic carbocycles. The van der Waals surface area contributed by atoms with Gasteiger partial charge in [-0.25, -0.2) is 13.6 Å². The summed E-state index contributed by atoms with van der Waals surface area (Å²) in [5.74, 6) is -3.26. The van der Waals surface area contributed by atoms with E-state index in [1.54, 1.807) is 0 Å². The van der Waals surface area contributed by atoms with E-state index in [2.05, 4.69) is 5.32 Å². The first-order chi connectivity index (χ1) is 15.7. The number of hydrogen-bond acceptors (Lipinski definition) is 3. The molecule has 9 heteroatoms. The molecule has 0 unspecified atom stereocenters. The maximum Gasteiger partial charge on any atom is 0.490 e. The van der Waals surface area contributed by atoms with Crippen molar-refractivity contribution in [2.24, 2.45) is 4.99 Å². The quantitative estimate of drug-likeness (QED) is 0.495. The van der Waals surface area contributed by atoms with Crippen molar-refractivity contribution in [1.82, 2.24) is 5.32 Å². The van der Waals surface area contributed by atoms with Crippen LogP contribution in [0.5, 0.6) is 0 Å². The van der Waals surface area contributed by atoms with Crippen LogP contribution < -0.4 is 5.32 Å². The highest BCUT2D eigenvalue weighted by atomic mass is 19.4. The number of aliphatic carboxylic acids is 1.